The highest BCUT2D eigenvalue weighted by Gasteiger charge is 2.39. The largest absolute Gasteiger partial charge is 0.350 e. The number of para-hydroxylation sites is 1. The zero-order valence-electron chi connectivity index (χ0n) is 25.7. The Morgan fingerprint density at radius 3 is 2.60 bits per heavy atom. The van der Waals surface area contributed by atoms with Crippen LogP contribution >= 0.6 is 0 Å². The Kier molecular flexibility index (Phi) is 7.72. The lowest BCUT2D eigenvalue weighted by atomic mass is 10.0. The molecule has 11 heteroatoms. The lowest BCUT2D eigenvalue weighted by Gasteiger charge is -2.29. The van der Waals surface area contributed by atoms with Gasteiger partial charge in [-0.1, -0.05) is 36.4 Å². The van der Waals surface area contributed by atoms with E-state index in [2.05, 4.69) is 20.9 Å². The first-order valence-electron chi connectivity index (χ1n) is 15.5. The van der Waals surface area contributed by atoms with E-state index >= 15 is 0 Å². The number of aromatic nitrogens is 2. The first-order valence-corrected chi connectivity index (χ1v) is 15.5. The Hall–Kier alpha value is -5.84. The molecular weight excluding hydrogens is 596 g/mol. The van der Waals surface area contributed by atoms with Crippen LogP contribution in [0.5, 0.6) is 0 Å². The van der Waals surface area contributed by atoms with E-state index in [9.17, 15) is 24.0 Å². The number of nitrogens with zero attached hydrogens (tertiary/aromatic N) is 3. The quantitative estimate of drug-likeness (QED) is 0.225. The summed E-state index contributed by atoms with van der Waals surface area (Å²) >= 11 is 0. The van der Waals surface area contributed by atoms with E-state index < -0.39 is 11.9 Å². The Morgan fingerprint density at radius 1 is 0.936 bits per heavy atom. The highest BCUT2D eigenvalue weighted by Crippen LogP contribution is 2.29. The third-order valence-electron chi connectivity index (χ3n) is 8.95. The third-order valence-corrected chi connectivity index (χ3v) is 8.95. The first-order chi connectivity index (χ1) is 22.8. The minimum Gasteiger partial charge on any atom is -0.350 e. The van der Waals surface area contributed by atoms with Gasteiger partial charge in [-0.2, -0.15) is 0 Å². The van der Waals surface area contributed by atoms with E-state index in [1.165, 1.54) is 4.90 Å². The van der Waals surface area contributed by atoms with Gasteiger partial charge in [0.25, 0.3) is 11.8 Å². The maximum absolute atomic E-state index is 13.1. The average molecular weight is 629 g/mol. The van der Waals surface area contributed by atoms with Gasteiger partial charge in [0.05, 0.1) is 5.52 Å². The molecule has 2 aliphatic rings. The molecule has 0 radical (unpaired) electrons. The van der Waals surface area contributed by atoms with Crippen molar-refractivity contribution in [1.82, 2.24) is 30.4 Å². The molecule has 2 aromatic heterocycles. The van der Waals surface area contributed by atoms with Crippen molar-refractivity contribution in [1.29, 1.82) is 0 Å². The van der Waals surface area contributed by atoms with Gasteiger partial charge in [-0.15, -0.1) is 0 Å². The molecule has 3 aromatic carbocycles. The summed E-state index contributed by atoms with van der Waals surface area (Å²) < 4.78 is 1.93. The summed E-state index contributed by atoms with van der Waals surface area (Å²) in [7, 11) is 0. The fourth-order valence-electron chi connectivity index (χ4n) is 6.49. The molecule has 3 N–H and O–H groups in total. The highest BCUT2D eigenvalue weighted by atomic mass is 16.2. The number of amides is 5. The number of hydrogen-bond donors (Lipinski definition) is 3. The second kappa shape index (κ2) is 12.2. The van der Waals surface area contributed by atoms with Crippen LogP contribution in [0.15, 0.2) is 79.0 Å². The number of fused-ring (bicyclic) bond motifs is 4. The molecule has 5 aromatic rings. The summed E-state index contributed by atoms with van der Waals surface area (Å²) in [6, 6.07) is 21.9. The number of carbonyl (C=O) groups excluding carboxylic acids is 5. The number of imide groups is 1. The predicted molar refractivity (Wildman–Crippen MR) is 174 cm³/mol. The Labute approximate surface area is 269 Å². The molecule has 5 amide bonds. The molecule has 0 saturated carbocycles. The molecule has 1 unspecified atom stereocenters. The average Bonchev–Trinajstić information content (AvgIpc) is 3.57. The maximum atomic E-state index is 13.1. The van der Waals surface area contributed by atoms with Gasteiger partial charge in [0, 0.05) is 54.2 Å². The van der Waals surface area contributed by atoms with Crippen LogP contribution in [0, 0.1) is 6.92 Å². The SMILES string of the molecule is Cc1cc(CNC(=O)Cn2c3ccccc3c3cccnc32)ccc1CNC(=O)c1ccc2c(c1)CN(C1CCC(=O)NC1=O)C2=O. The third kappa shape index (κ3) is 5.71. The van der Waals surface area contributed by atoms with Crippen molar-refractivity contribution in [3.8, 4) is 0 Å². The summed E-state index contributed by atoms with van der Waals surface area (Å²) in [6.07, 6.45) is 2.19. The van der Waals surface area contributed by atoms with Gasteiger partial charge in [0.2, 0.25) is 17.7 Å². The van der Waals surface area contributed by atoms with Crippen LogP contribution in [-0.2, 0) is 40.6 Å². The van der Waals surface area contributed by atoms with Crippen molar-refractivity contribution in [3.63, 3.8) is 0 Å². The number of aryl methyl sites for hydroxylation is 1. The molecule has 236 valence electrons. The lowest BCUT2D eigenvalue weighted by molar-refractivity contribution is -0.137. The van der Waals surface area contributed by atoms with Crippen molar-refractivity contribution < 1.29 is 24.0 Å². The molecule has 0 spiro atoms. The Bertz CT molecular complexity index is 2060. The van der Waals surface area contributed by atoms with E-state index in [0.717, 1.165) is 38.6 Å². The summed E-state index contributed by atoms with van der Waals surface area (Å²) in [5, 5.41) is 10.3. The minimum absolute atomic E-state index is 0.122. The summed E-state index contributed by atoms with van der Waals surface area (Å²) in [6.45, 7) is 2.97. The van der Waals surface area contributed by atoms with Crippen LogP contribution in [0.3, 0.4) is 0 Å². The van der Waals surface area contributed by atoms with Gasteiger partial charge < -0.3 is 20.1 Å². The van der Waals surface area contributed by atoms with Gasteiger partial charge in [-0.05, 0) is 72.0 Å². The molecule has 7 rings (SSSR count). The Morgan fingerprint density at radius 2 is 1.77 bits per heavy atom. The van der Waals surface area contributed by atoms with Crippen LogP contribution in [0.25, 0.3) is 21.9 Å². The lowest BCUT2D eigenvalue weighted by Crippen LogP contribution is -2.52. The predicted octanol–water partition coefficient (Wildman–Crippen LogP) is 3.51. The summed E-state index contributed by atoms with van der Waals surface area (Å²) in [5.41, 5.74) is 6.12. The van der Waals surface area contributed by atoms with Gasteiger partial charge >= 0.3 is 0 Å². The summed E-state index contributed by atoms with van der Waals surface area (Å²) in [4.78, 5) is 68.8. The number of hydrogen-bond acceptors (Lipinski definition) is 6. The number of pyridine rings is 1. The fraction of sp³-hybridized carbons (Fsp3) is 0.222. The number of rotatable bonds is 8. The Balaban J connectivity index is 0.949. The van der Waals surface area contributed by atoms with Crippen LogP contribution in [-0.4, -0.2) is 50.0 Å². The molecule has 11 nitrogen and oxygen atoms in total. The molecule has 1 fully saturated rings. The smallest absolute Gasteiger partial charge is 0.255 e. The van der Waals surface area contributed by atoms with Crippen molar-refractivity contribution in [3.05, 3.63) is 112 Å². The maximum Gasteiger partial charge on any atom is 0.255 e. The minimum atomic E-state index is -0.707. The molecule has 0 bridgehead atoms. The molecule has 2 aliphatic heterocycles. The van der Waals surface area contributed by atoms with Crippen molar-refractivity contribution >= 4 is 51.5 Å². The van der Waals surface area contributed by atoms with Gasteiger partial charge in [-0.25, -0.2) is 4.98 Å². The van der Waals surface area contributed by atoms with E-state index in [4.69, 9.17) is 0 Å². The van der Waals surface area contributed by atoms with Crippen molar-refractivity contribution in [2.45, 2.75) is 52.0 Å². The molecule has 1 saturated heterocycles. The van der Waals surface area contributed by atoms with E-state index in [1.54, 1.807) is 24.4 Å². The van der Waals surface area contributed by atoms with Crippen molar-refractivity contribution in [2.24, 2.45) is 0 Å². The second-order valence-electron chi connectivity index (χ2n) is 12.0. The van der Waals surface area contributed by atoms with Crippen LogP contribution < -0.4 is 16.0 Å². The monoisotopic (exact) mass is 628 g/mol. The number of carbonyl (C=O) groups is 5. The number of benzene rings is 3. The van der Waals surface area contributed by atoms with Crippen LogP contribution in [0.1, 0.15) is 55.8 Å². The molecule has 1 atom stereocenters. The van der Waals surface area contributed by atoms with E-state index in [-0.39, 0.29) is 49.6 Å². The van der Waals surface area contributed by atoms with Gasteiger partial charge in [0.1, 0.15) is 18.2 Å². The topological polar surface area (TPSA) is 142 Å². The van der Waals surface area contributed by atoms with E-state index in [0.29, 0.717) is 29.8 Å². The van der Waals surface area contributed by atoms with Crippen LogP contribution in [0.4, 0.5) is 0 Å². The molecule has 4 heterocycles. The van der Waals surface area contributed by atoms with Crippen molar-refractivity contribution in [2.75, 3.05) is 0 Å². The van der Waals surface area contributed by atoms with E-state index in [1.807, 2.05) is 66.1 Å². The summed E-state index contributed by atoms with van der Waals surface area (Å²) in [5.74, 6) is -1.49. The number of nitrogens with one attached hydrogen (secondary N) is 3. The zero-order valence-corrected chi connectivity index (χ0v) is 25.7. The normalized spacial score (nSPS) is 16.0. The molecular formula is C36H32N6O5. The molecule has 0 aliphatic carbocycles. The second-order valence-corrected chi connectivity index (χ2v) is 12.0. The number of piperidine rings is 1. The standard InChI is InChI=1S/C36H32N6O5/c1-21-15-22(17-38-32(44)20-41-29-7-3-2-5-27(29)28-6-4-14-37-33(28)41)8-9-24(21)18-39-34(45)23-10-11-26-25(16-23)19-42(36(26)47)30-12-13-31(43)40-35(30)46/h2-11,14-16,30H,12-13,17-20H2,1H3,(H,38,44)(H,39,45)(H,40,43,46). The fourth-order valence-corrected chi connectivity index (χ4v) is 6.49. The van der Waals surface area contributed by atoms with Crippen LogP contribution in [0.2, 0.25) is 0 Å². The molecule has 47 heavy (non-hydrogen) atoms. The highest BCUT2D eigenvalue weighted by molar-refractivity contribution is 6.07. The van der Waals surface area contributed by atoms with Gasteiger partial charge in [0.15, 0.2) is 0 Å². The zero-order chi connectivity index (χ0) is 32.7. The van der Waals surface area contributed by atoms with Gasteiger partial charge in [-0.3, -0.25) is 29.3 Å². The first kappa shape index (κ1) is 29.8.